The number of fused-ring (bicyclic) bond motifs is 1. The number of allylic oxidation sites excluding steroid dienone is 2. The van der Waals surface area contributed by atoms with Gasteiger partial charge in [0.2, 0.25) is 6.41 Å². The van der Waals surface area contributed by atoms with Crippen LogP contribution in [-0.2, 0) is 58.5 Å². The summed E-state index contributed by atoms with van der Waals surface area (Å²) in [5.74, 6) is -1.19. The van der Waals surface area contributed by atoms with Gasteiger partial charge in [-0.15, -0.1) is 0 Å². The van der Waals surface area contributed by atoms with Gasteiger partial charge < -0.3 is 35.1 Å². The number of hydrogen-bond acceptors (Lipinski definition) is 13. The molecule has 2 heterocycles. The highest BCUT2D eigenvalue weighted by molar-refractivity contribution is 7.86. The molecule has 5 rings (SSSR count). The van der Waals surface area contributed by atoms with Crippen molar-refractivity contribution in [2.45, 2.75) is 90.0 Å². The Bertz CT molecular complexity index is 2910. The van der Waals surface area contributed by atoms with E-state index in [9.17, 15) is 61.9 Å². The normalized spacial score (nSPS) is 16.6. The lowest BCUT2D eigenvalue weighted by atomic mass is 9.94. The van der Waals surface area contributed by atoms with Gasteiger partial charge >= 0.3 is 18.4 Å². The smallest absolute Gasteiger partial charge is 0.431 e. The van der Waals surface area contributed by atoms with Crippen molar-refractivity contribution >= 4 is 68.3 Å². The Balaban J connectivity index is 0.000000748. The number of nitrogens with two attached hydrogens (primary N) is 1. The lowest BCUT2D eigenvalue weighted by molar-refractivity contribution is -0.141. The fourth-order valence-electron chi connectivity index (χ4n) is 7.41. The third-order valence-corrected chi connectivity index (χ3v) is 14.0. The van der Waals surface area contributed by atoms with Crippen LogP contribution in [0.1, 0.15) is 71.0 Å². The van der Waals surface area contributed by atoms with Crippen molar-refractivity contribution in [1.29, 1.82) is 0 Å². The number of aliphatic hydroxyl groups is 1. The van der Waals surface area contributed by atoms with Crippen molar-refractivity contribution in [3.05, 3.63) is 87.3 Å². The van der Waals surface area contributed by atoms with E-state index in [0.717, 1.165) is 18.4 Å². The maximum absolute atomic E-state index is 14.3. The van der Waals surface area contributed by atoms with E-state index in [2.05, 4.69) is 32.2 Å². The molecule has 80 heavy (non-hydrogen) atoms. The van der Waals surface area contributed by atoms with Crippen molar-refractivity contribution in [3.8, 4) is 23.0 Å². The van der Waals surface area contributed by atoms with E-state index in [1.165, 1.54) is 44.4 Å². The van der Waals surface area contributed by atoms with Crippen molar-refractivity contribution in [2.24, 2.45) is 16.6 Å². The molecule has 1 aliphatic carbocycles. The standard InChI is InChI=1S/C39H43ClF5N5O9S2.C10H13F5N2.C2H6/c1-38(2,60(3)54)10-9-28-5-6-29(34(47-28)32(46-24-52)21-25-19-26(41)22-27(42)20-25)30-7-8-31(40)33-35(30)49(23-39(43,44)45)48-36(33)50(61(4)55)37(53)59-18-17-58-16-15-57-14-13-56-12-11-51;1-3-17-8-6(7(16)10(13,14)15)4-5(2)9(8,11)12;1-2/h5-8,19-20,22,24,32,51H,11-18,21,23H2,1-4H3,(H,46,52);5H,3-4,16H2,1-2H3;1-2H3/b;7-6-,17-8?;/t;5-;/m.1./s1. The Labute approximate surface area is 465 Å². The molecule has 1 fully saturated rings. The summed E-state index contributed by atoms with van der Waals surface area (Å²) in [6.07, 6.45) is -8.75. The van der Waals surface area contributed by atoms with Gasteiger partial charge in [-0.1, -0.05) is 44.4 Å². The van der Waals surface area contributed by atoms with Crippen LogP contribution in [0.5, 0.6) is 0 Å². The molecule has 4 N–H and O–H groups in total. The fourth-order valence-corrected chi connectivity index (χ4v) is 8.48. The quantitative estimate of drug-likeness (QED) is 0.0291. The summed E-state index contributed by atoms with van der Waals surface area (Å²) in [4.78, 5) is 33.6. The molecular weight excluding hydrogens is 1140 g/mol. The first-order valence-electron chi connectivity index (χ1n) is 24.4. The number of carbonyl (C=O) groups is 2. The number of carbonyl (C=O) groups excluding carboxylic acids is 2. The van der Waals surface area contributed by atoms with Gasteiger partial charge in [-0.05, 0) is 75.4 Å². The van der Waals surface area contributed by atoms with Crippen LogP contribution in [0.4, 0.5) is 54.5 Å². The topological polar surface area (TPSA) is 210 Å². The second kappa shape index (κ2) is 30.9. The minimum absolute atomic E-state index is 0.00620. The third kappa shape index (κ3) is 19.2. The molecule has 2 aromatic heterocycles. The number of rotatable bonds is 22. The Kier molecular flexibility index (Phi) is 26.5. The van der Waals surface area contributed by atoms with E-state index >= 15 is 0 Å². The molecule has 1 aliphatic rings. The number of anilines is 1. The third-order valence-electron chi connectivity index (χ3n) is 11.3. The minimum Gasteiger partial charge on any atom is -0.446 e. The van der Waals surface area contributed by atoms with Gasteiger partial charge in [0, 0.05) is 58.5 Å². The largest absolute Gasteiger partial charge is 0.446 e. The van der Waals surface area contributed by atoms with E-state index in [4.69, 9.17) is 41.4 Å². The highest BCUT2D eigenvalue weighted by Gasteiger charge is 2.53. The highest BCUT2D eigenvalue weighted by atomic mass is 35.5. The van der Waals surface area contributed by atoms with Crippen LogP contribution >= 0.6 is 11.6 Å². The molecule has 2 amide bonds. The summed E-state index contributed by atoms with van der Waals surface area (Å²) in [6.45, 7) is 8.58. The zero-order chi connectivity index (χ0) is 60.3. The molecule has 0 spiro atoms. The zero-order valence-electron chi connectivity index (χ0n) is 44.8. The number of pyridine rings is 1. The van der Waals surface area contributed by atoms with E-state index < -0.39 is 110 Å². The Morgan fingerprint density at radius 2 is 1.55 bits per heavy atom. The summed E-state index contributed by atoms with van der Waals surface area (Å²) in [7, 11) is -3.69. The predicted octanol–water partition coefficient (Wildman–Crippen LogP) is 9.33. The van der Waals surface area contributed by atoms with Gasteiger partial charge in [-0.2, -0.15) is 44.5 Å². The molecular formula is C51H62ClF10N7O9S2. The molecule has 2 aromatic carbocycles. The second-order valence-corrected chi connectivity index (χ2v) is 21.0. The van der Waals surface area contributed by atoms with Gasteiger partial charge in [0.1, 0.15) is 57.6 Å². The van der Waals surface area contributed by atoms with Crippen LogP contribution in [0.15, 0.2) is 58.7 Å². The van der Waals surface area contributed by atoms with Crippen LogP contribution in [0.2, 0.25) is 5.02 Å². The minimum atomic E-state index is -4.89. The number of aliphatic hydroxyl groups excluding tert-OH is 1. The summed E-state index contributed by atoms with van der Waals surface area (Å²) < 4.78 is 182. The van der Waals surface area contributed by atoms with Crippen LogP contribution in [0.25, 0.3) is 22.0 Å². The summed E-state index contributed by atoms with van der Waals surface area (Å²) >= 11 is 6.65. The van der Waals surface area contributed by atoms with Crippen molar-refractivity contribution in [3.63, 3.8) is 0 Å². The number of ether oxygens (including phenoxy) is 4. The number of amides is 2. The maximum Gasteiger partial charge on any atom is 0.431 e. The van der Waals surface area contributed by atoms with Gasteiger partial charge in [0.05, 0.1) is 73.9 Å². The van der Waals surface area contributed by atoms with E-state index in [0.29, 0.717) is 21.5 Å². The molecule has 29 heteroatoms. The molecule has 0 saturated heterocycles. The Morgan fingerprint density at radius 1 is 0.975 bits per heavy atom. The number of aliphatic imine (C=N–C) groups is 1. The lowest BCUT2D eigenvalue weighted by Crippen LogP contribution is -2.34. The predicted molar refractivity (Wildman–Crippen MR) is 284 cm³/mol. The number of nitrogens with zero attached hydrogens (tertiary/aromatic N) is 5. The van der Waals surface area contributed by atoms with Gasteiger partial charge in [-0.25, -0.2) is 22.8 Å². The lowest BCUT2D eigenvalue weighted by Gasteiger charge is -2.21. The molecule has 0 radical (unpaired) electrons. The number of halogens is 11. The number of nitrogens with one attached hydrogen (secondary N) is 1. The summed E-state index contributed by atoms with van der Waals surface area (Å²) in [5.41, 5.74) is 2.00. The Morgan fingerprint density at radius 3 is 2.08 bits per heavy atom. The average molecular weight is 1210 g/mol. The molecule has 1 saturated carbocycles. The molecule has 16 nitrogen and oxygen atoms in total. The van der Waals surface area contributed by atoms with Gasteiger partial charge in [-0.3, -0.25) is 18.7 Å². The zero-order valence-corrected chi connectivity index (χ0v) is 47.1. The number of hydrogen-bond donors (Lipinski definition) is 3. The van der Waals surface area contributed by atoms with E-state index in [1.54, 1.807) is 13.8 Å². The van der Waals surface area contributed by atoms with Gasteiger partial charge in [0.25, 0.3) is 5.92 Å². The SMILES string of the molecule is CC.CCN=C1/C(=C(\N)C(F)(F)F)C[C@@H](C)C1(F)F.CS(=O)N(C(=O)OCCOCCOCCOCCO)c1nn(CC(F)(F)F)c2c(-c3ccc(C#CC(C)(C)S(C)=O)nc3C(Cc3cc(F)cc(F)c3)NC=O)ccc(Cl)c12. The van der Waals surface area contributed by atoms with Crippen LogP contribution in [-0.4, -0.2) is 141 Å². The molecule has 0 bridgehead atoms. The van der Waals surface area contributed by atoms with Crippen molar-refractivity contribution in [2.75, 3.05) is 76.2 Å². The monoisotopic (exact) mass is 1210 g/mol. The molecule has 4 aromatic rings. The summed E-state index contributed by atoms with van der Waals surface area (Å²) in [6, 6.07) is 7.09. The van der Waals surface area contributed by atoms with E-state index in [1.807, 2.05) is 13.8 Å². The van der Waals surface area contributed by atoms with Crippen LogP contribution in [0.3, 0.4) is 0 Å². The highest BCUT2D eigenvalue weighted by Crippen LogP contribution is 2.45. The number of aromatic nitrogens is 3. The fraction of sp³-hybridized carbons (Fsp3) is 0.510. The average Bonchev–Trinajstić information content (AvgIpc) is 3.83. The maximum atomic E-state index is 14.3. The van der Waals surface area contributed by atoms with Crippen molar-refractivity contribution in [1.82, 2.24) is 20.1 Å². The molecule has 444 valence electrons. The second-order valence-electron chi connectivity index (χ2n) is 17.4. The molecule has 4 atom stereocenters. The van der Waals surface area contributed by atoms with Crippen LogP contribution < -0.4 is 15.4 Å². The van der Waals surface area contributed by atoms with E-state index in [-0.39, 0.29) is 110 Å². The first kappa shape index (κ1) is 68.6. The number of benzene rings is 2. The molecule has 3 unspecified atom stereocenters. The number of alkyl halides is 8. The summed E-state index contributed by atoms with van der Waals surface area (Å²) in [5, 5.41) is 15.0. The van der Waals surface area contributed by atoms with Crippen LogP contribution in [0, 0.1) is 29.4 Å². The first-order valence-corrected chi connectivity index (χ1v) is 27.9. The molecule has 0 aliphatic heterocycles. The van der Waals surface area contributed by atoms with Gasteiger partial charge in [0.15, 0.2) is 5.82 Å². The van der Waals surface area contributed by atoms with Crippen molar-refractivity contribution < 1.29 is 86.0 Å². The Hall–Kier alpha value is -5.70. The first-order chi connectivity index (χ1) is 37.5.